The number of methoxy groups -OCH3 is 1. The van der Waals surface area contributed by atoms with E-state index < -0.39 is 10.0 Å². The normalized spacial score (nSPS) is 12.6. The fourth-order valence-electron chi connectivity index (χ4n) is 1.52. The van der Waals surface area contributed by atoms with Crippen molar-refractivity contribution in [3.05, 3.63) is 18.2 Å². The number of benzene rings is 1. The predicted octanol–water partition coefficient (Wildman–Crippen LogP) is 2.05. The zero-order valence-electron chi connectivity index (χ0n) is 12.1. The fraction of sp³-hybridized carbons (Fsp3) is 0.462. The van der Waals surface area contributed by atoms with Crippen LogP contribution in [0.25, 0.3) is 0 Å². The summed E-state index contributed by atoms with van der Waals surface area (Å²) in [5, 5.41) is 2.74. The maximum Gasteiger partial charge on any atom is 0.229 e. The SMILES string of the molecule is CC[C@H](C)C(=O)Nc1ccc(OC)c(NS(C)(=O)=O)c1. The van der Waals surface area contributed by atoms with Crippen LogP contribution in [-0.4, -0.2) is 27.7 Å². The summed E-state index contributed by atoms with van der Waals surface area (Å²) in [5.41, 5.74) is 0.805. The van der Waals surface area contributed by atoms with Gasteiger partial charge in [-0.25, -0.2) is 8.42 Å². The van der Waals surface area contributed by atoms with E-state index in [1.54, 1.807) is 12.1 Å². The lowest BCUT2D eigenvalue weighted by Gasteiger charge is -2.14. The Balaban J connectivity index is 3.01. The number of ether oxygens (including phenoxy) is 1. The van der Waals surface area contributed by atoms with E-state index in [1.165, 1.54) is 13.2 Å². The van der Waals surface area contributed by atoms with Gasteiger partial charge >= 0.3 is 0 Å². The molecule has 1 aromatic carbocycles. The molecule has 0 bridgehead atoms. The summed E-state index contributed by atoms with van der Waals surface area (Å²) >= 11 is 0. The summed E-state index contributed by atoms with van der Waals surface area (Å²) in [6.07, 6.45) is 1.79. The fourth-order valence-corrected chi connectivity index (χ4v) is 2.08. The molecule has 20 heavy (non-hydrogen) atoms. The van der Waals surface area contributed by atoms with Gasteiger partial charge < -0.3 is 10.1 Å². The summed E-state index contributed by atoms with van der Waals surface area (Å²) in [6.45, 7) is 3.75. The van der Waals surface area contributed by atoms with Crippen LogP contribution in [0.1, 0.15) is 20.3 Å². The van der Waals surface area contributed by atoms with Crippen LogP contribution in [0.15, 0.2) is 18.2 Å². The maximum atomic E-state index is 11.8. The van der Waals surface area contributed by atoms with Crippen molar-refractivity contribution in [2.45, 2.75) is 20.3 Å². The van der Waals surface area contributed by atoms with Crippen LogP contribution in [0, 0.1) is 5.92 Å². The van der Waals surface area contributed by atoms with E-state index in [2.05, 4.69) is 10.0 Å². The molecular weight excluding hydrogens is 280 g/mol. The Hall–Kier alpha value is -1.76. The third kappa shape index (κ3) is 4.73. The Labute approximate surface area is 119 Å². The van der Waals surface area contributed by atoms with Crippen LogP contribution in [0.5, 0.6) is 5.75 Å². The van der Waals surface area contributed by atoms with Gasteiger partial charge in [-0.05, 0) is 24.6 Å². The third-order valence-corrected chi connectivity index (χ3v) is 3.41. The molecule has 0 aromatic heterocycles. The standard InChI is InChI=1S/C13H20N2O4S/c1-5-9(2)13(16)14-10-6-7-12(19-3)11(8-10)15-20(4,17)18/h6-9,15H,5H2,1-4H3,(H,14,16)/t9-/m0/s1. The van der Waals surface area contributed by atoms with Crippen molar-refractivity contribution < 1.29 is 17.9 Å². The zero-order valence-corrected chi connectivity index (χ0v) is 12.9. The number of sulfonamides is 1. The van der Waals surface area contributed by atoms with E-state index in [0.29, 0.717) is 11.4 Å². The second kappa shape index (κ2) is 6.60. The minimum Gasteiger partial charge on any atom is -0.495 e. The van der Waals surface area contributed by atoms with Crippen molar-refractivity contribution in [2.75, 3.05) is 23.4 Å². The van der Waals surface area contributed by atoms with Crippen LogP contribution < -0.4 is 14.8 Å². The van der Waals surface area contributed by atoms with Crippen molar-refractivity contribution in [3.63, 3.8) is 0 Å². The summed E-state index contributed by atoms with van der Waals surface area (Å²) in [7, 11) is -1.97. The number of carbonyl (C=O) groups excluding carboxylic acids is 1. The molecule has 0 fully saturated rings. The van der Waals surface area contributed by atoms with Crippen LogP contribution in [0.3, 0.4) is 0 Å². The lowest BCUT2D eigenvalue weighted by atomic mass is 10.1. The lowest BCUT2D eigenvalue weighted by Crippen LogP contribution is -2.20. The van der Waals surface area contributed by atoms with Gasteiger partial charge in [0.05, 0.1) is 19.1 Å². The van der Waals surface area contributed by atoms with Gasteiger partial charge in [0.15, 0.2) is 0 Å². The Morgan fingerprint density at radius 1 is 1.40 bits per heavy atom. The highest BCUT2D eigenvalue weighted by molar-refractivity contribution is 7.92. The maximum absolute atomic E-state index is 11.8. The number of rotatable bonds is 6. The Kier molecular flexibility index (Phi) is 5.38. The first-order valence-electron chi connectivity index (χ1n) is 6.23. The molecule has 1 atom stereocenters. The van der Waals surface area contributed by atoms with Crippen molar-refractivity contribution in [2.24, 2.45) is 5.92 Å². The third-order valence-electron chi connectivity index (χ3n) is 2.82. The van der Waals surface area contributed by atoms with Gasteiger partial charge in [0.25, 0.3) is 0 Å². The van der Waals surface area contributed by atoms with E-state index in [0.717, 1.165) is 12.7 Å². The molecule has 0 spiro atoms. The molecule has 2 N–H and O–H groups in total. The smallest absolute Gasteiger partial charge is 0.229 e. The average Bonchev–Trinajstić information content (AvgIpc) is 2.36. The highest BCUT2D eigenvalue weighted by atomic mass is 32.2. The van der Waals surface area contributed by atoms with Gasteiger partial charge in [0.1, 0.15) is 5.75 Å². The largest absolute Gasteiger partial charge is 0.495 e. The number of carbonyl (C=O) groups is 1. The number of hydrogen-bond donors (Lipinski definition) is 2. The van der Waals surface area contributed by atoms with E-state index in [-0.39, 0.29) is 17.5 Å². The Morgan fingerprint density at radius 3 is 2.55 bits per heavy atom. The number of amides is 1. The lowest BCUT2D eigenvalue weighted by molar-refractivity contribution is -0.119. The van der Waals surface area contributed by atoms with E-state index in [1.807, 2.05) is 13.8 Å². The van der Waals surface area contributed by atoms with Crippen molar-refractivity contribution in [3.8, 4) is 5.75 Å². The molecule has 0 heterocycles. The quantitative estimate of drug-likeness (QED) is 0.842. The van der Waals surface area contributed by atoms with Crippen molar-refractivity contribution in [1.82, 2.24) is 0 Å². The highest BCUT2D eigenvalue weighted by Gasteiger charge is 2.13. The van der Waals surface area contributed by atoms with Gasteiger partial charge in [-0.1, -0.05) is 13.8 Å². The molecule has 6 nitrogen and oxygen atoms in total. The number of nitrogens with one attached hydrogen (secondary N) is 2. The van der Waals surface area contributed by atoms with E-state index in [9.17, 15) is 13.2 Å². The van der Waals surface area contributed by atoms with Gasteiger partial charge in [-0.15, -0.1) is 0 Å². The van der Waals surface area contributed by atoms with E-state index >= 15 is 0 Å². The average molecular weight is 300 g/mol. The topological polar surface area (TPSA) is 84.5 Å². The Bertz CT molecular complexity index is 584. The molecule has 0 aliphatic carbocycles. The number of anilines is 2. The van der Waals surface area contributed by atoms with Crippen LogP contribution in [0.2, 0.25) is 0 Å². The molecule has 1 amide bonds. The molecule has 0 aliphatic rings. The van der Waals surface area contributed by atoms with E-state index in [4.69, 9.17) is 4.74 Å². The molecular formula is C13H20N2O4S. The first-order chi connectivity index (χ1) is 9.26. The van der Waals surface area contributed by atoms with Crippen molar-refractivity contribution >= 4 is 27.3 Å². The molecule has 7 heteroatoms. The van der Waals surface area contributed by atoms with Crippen molar-refractivity contribution in [1.29, 1.82) is 0 Å². The van der Waals surface area contributed by atoms with Crippen LogP contribution in [0.4, 0.5) is 11.4 Å². The molecule has 0 unspecified atom stereocenters. The van der Waals surface area contributed by atoms with Gasteiger partial charge in [0.2, 0.25) is 15.9 Å². The first kappa shape index (κ1) is 16.3. The second-order valence-corrected chi connectivity index (χ2v) is 6.34. The highest BCUT2D eigenvalue weighted by Crippen LogP contribution is 2.28. The molecule has 0 aliphatic heterocycles. The molecule has 0 saturated heterocycles. The van der Waals surface area contributed by atoms with Crippen LogP contribution in [-0.2, 0) is 14.8 Å². The van der Waals surface area contributed by atoms with Crippen LogP contribution >= 0.6 is 0 Å². The minimum absolute atomic E-state index is 0.108. The molecule has 0 saturated carbocycles. The Morgan fingerprint density at radius 2 is 2.05 bits per heavy atom. The monoisotopic (exact) mass is 300 g/mol. The summed E-state index contributed by atoms with van der Waals surface area (Å²) < 4.78 is 30.0. The molecule has 1 rings (SSSR count). The zero-order chi connectivity index (χ0) is 15.3. The summed E-state index contributed by atoms with van der Waals surface area (Å²) in [5.74, 6) is 0.170. The predicted molar refractivity (Wildman–Crippen MR) is 79.5 cm³/mol. The number of hydrogen-bond acceptors (Lipinski definition) is 4. The molecule has 112 valence electrons. The first-order valence-corrected chi connectivity index (χ1v) is 8.12. The van der Waals surface area contributed by atoms with Gasteiger partial charge in [0, 0.05) is 11.6 Å². The molecule has 1 aromatic rings. The molecule has 0 radical (unpaired) electrons. The van der Waals surface area contributed by atoms with Gasteiger partial charge in [-0.3, -0.25) is 9.52 Å². The second-order valence-electron chi connectivity index (χ2n) is 4.59. The summed E-state index contributed by atoms with van der Waals surface area (Å²) in [4.78, 5) is 11.8. The summed E-state index contributed by atoms with van der Waals surface area (Å²) in [6, 6.07) is 4.78. The van der Waals surface area contributed by atoms with Gasteiger partial charge in [-0.2, -0.15) is 0 Å². The minimum atomic E-state index is -3.42.